The Labute approximate surface area is 147 Å². The van der Waals surface area contributed by atoms with E-state index in [2.05, 4.69) is 20.1 Å². The van der Waals surface area contributed by atoms with E-state index in [9.17, 15) is 4.79 Å². The Bertz CT molecular complexity index is 748. The monoisotopic (exact) mass is 337 g/mol. The molecule has 1 amide bonds. The molecule has 25 heavy (non-hydrogen) atoms. The lowest BCUT2D eigenvalue weighted by atomic mass is 9.79. The number of nitrogens with zero attached hydrogens (tertiary/aromatic N) is 5. The average Bonchev–Trinajstić information content (AvgIpc) is 3.05. The van der Waals surface area contributed by atoms with Crippen LogP contribution in [0.3, 0.4) is 0 Å². The van der Waals surface area contributed by atoms with Gasteiger partial charge in [0.15, 0.2) is 5.82 Å². The first-order valence-corrected chi connectivity index (χ1v) is 8.90. The van der Waals surface area contributed by atoms with Crippen molar-refractivity contribution in [2.24, 2.45) is 5.41 Å². The number of anilines is 1. The number of carbonyl (C=O) groups excluding carboxylic acids is 1. The zero-order valence-corrected chi connectivity index (χ0v) is 14.6. The quantitative estimate of drug-likeness (QED) is 0.841. The molecule has 0 aromatic carbocycles. The Kier molecular flexibility index (Phi) is 4.11. The molecular weight excluding hydrogens is 314 g/mol. The third-order valence-corrected chi connectivity index (χ3v) is 5.40. The molecule has 6 heteroatoms. The van der Waals surface area contributed by atoms with Gasteiger partial charge in [-0.15, -0.1) is 5.10 Å². The maximum Gasteiger partial charge on any atom is 0.255 e. The van der Waals surface area contributed by atoms with Gasteiger partial charge < -0.3 is 9.80 Å². The van der Waals surface area contributed by atoms with E-state index < -0.39 is 0 Å². The molecule has 2 fully saturated rings. The minimum Gasteiger partial charge on any atom is -0.354 e. The van der Waals surface area contributed by atoms with E-state index in [1.165, 1.54) is 6.42 Å². The fourth-order valence-electron chi connectivity index (χ4n) is 4.08. The Balaban J connectivity index is 1.47. The van der Waals surface area contributed by atoms with Gasteiger partial charge >= 0.3 is 0 Å². The molecule has 1 spiro atoms. The number of aryl methyl sites for hydroxylation is 1. The first kappa shape index (κ1) is 16.0. The van der Waals surface area contributed by atoms with E-state index in [1.54, 1.807) is 12.4 Å². The third-order valence-electron chi connectivity index (χ3n) is 5.40. The normalized spacial score (nSPS) is 23.2. The highest BCUT2D eigenvalue weighted by atomic mass is 16.2. The standard InChI is InChI=1S/C19H23N5O/c1-15-5-6-17(22-21-15)23-11-8-19(13-23)7-3-10-24(14-19)18(25)16-4-2-9-20-12-16/h2,4-6,9,12H,3,7-8,10-11,13-14H2,1H3. The molecule has 4 rings (SSSR count). The van der Waals surface area contributed by atoms with Crippen LogP contribution in [0.2, 0.25) is 0 Å². The van der Waals surface area contributed by atoms with Crippen molar-refractivity contribution in [1.29, 1.82) is 0 Å². The van der Waals surface area contributed by atoms with Crippen molar-refractivity contribution < 1.29 is 4.79 Å². The molecule has 0 bridgehead atoms. The summed E-state index contributed by atoms with van der Waals surface area (Å²) in [6, 6.07) is 7.72. The molecule has 0 radical (unpaired) electrons. The maximum absolute atomic E-state index is 12.8. The van der Waals surface area contributed by atoms with E-state index in [0.29, 0.717) is 5.56 Å². The van der Waals surface area contributed by atoms with Crippen LogP contribution in [0.15, 0.2) is 36.7 Å². The molecule has 0 N–H and O–H groups in total. The maximum atomic E-state index is 12.8. The van der Waals surface area contributed by atoms with Crippen molar-refractivity contribution in [3.05, 3.63) is 47.9 Å². The summed E-state index contributed by atoms with van der Waals surface area (Å²) in [5.74, 6) is 1.04. The summed E-state index contributed by atoms with van der Waals surface area (Å²) in [4.78, 5) is 21.2. The molecule has 0 saturated carbocycles. The number of hydrogen-bond donors (Lipinski definition) is 0. The molecular formula is C19H23N5O. The third kappa shape index (κ3) is 3.21. The molecule has 2 aliphatic heterocycles. The van der Waals surface area contributed by atoms with Gasteiger partial charge in [0.2, 0.25) is 0 Å². The van der Waals surface area contributed by atoms with Crippen LogP contribution in [0.25, 0.3) is 0 Å². The summed E-state index contributed by atoms with van der Waals surface area (Å²) >= 11 is 0. The highest BCUT2D eigenvalue weighted by Crippen LogP contribution is 2.40. The summed E-state index contributed by atoms with van der Waals surface area (Å²) in [5.41, 5.74) is 1.78. The molecule has 1 atom stereocenters. The van der Waals surface area contributed by atoms with Crippen molar-refractivity contribution in [2.75, 3.05) is 31.1 Å². The molecule has 4 heterocycles. The zero-order chi connectivity index (χ0) is 17.3. The van der Waals surface area contributed by atoms with Gasteiger partial charge in [0.1, 0.15) is 0 Å². The molecule has 0 aliphatic carbocycles. The van der Waals surface area contributed by atoms with Gasteiger partial charge in [-0.2, -0.15) is 5.10 Å². The topological polar surface area (TPSA) is 62.2 Å². The van der Waals surface area contributed by atoms with Gasteiger partial charge in [-0.25, -0.2) is 0 Å². The van der Waals surface area contributed by atoms with Gasteiger partial charge in [0.25, 0.3) is 5.91 Å². The van der Waals surface area contributed by atoms with Crippen molar-refractivity contribution in [1.82, 2.24) is 20.1 Å². The van der Waals surface area contributed by atoms with Crippen molar-refractivity contribution in [3.8, 4) is 0 Å². The summed E-state index contributed by atoms with van der Waals surface area (Å²) in [5, 5.41) is 8.50. The van der Waals surface area contributed by atoms with E-state index >= 15 is 0 Å². The second kappa shape index (κ2) is 6.43. The van der Waals surface area contributed by atoms with Crippen LogP contribution in [0.4, 0.5) is 5.82 Å². The fraction of sp³-hybridized carbons (Fsp3) is 0.474. The minimum atomic E-state index is 0.0979. The van der Waals surface area contributed by atoms with E-state index in [-0.39, 0.29) is 11.3 Å². The predicted molar refractivity (Wildman–Crippen MR) is 95.4 cm³/mol. The molecule has 2 saturated heterocycles. The number of piperidine rings is 1. The highest BCUT2D eigenvalue weighted by molar-refractivity contribution is 5.94. The minimum absolute atomic E-state index is 0.0979. The second-order valence-corrected chi connectivity index (χ2v) is 7.28. The van der Waals surface area contributed by atoms with Crippen molar-refractivity contribution in [2.45, 2.75) is 26.2 Å². The van der Waals surface area contributed by atoms with Gasteiger partial charge in [-0.3, -0.25) is 9.78 Å². The van der Waals surface area contributed by atoms with E-state index in [4.69, 9.17) is 0 Å². The Morgan fingerprint density at radius 3 is 2.80 bits per heavy atom. The number of aromatic nitrogens is 3. The van der Waals surface area contributed by atoms with Gasteiger partial charge in [0.05, 0.1) is 11.3 Å². The highest BCUT2D eigenvalue weighted by Gasteiger charge is 2.43. The zero-order valence-electron chi connectivity index (χ0n) is 14.6. The van der Waals surface area contributed by atoms with Crippen LogP contribution in [0.1, 0.15) is 35.3 Å². The summed E-state index contributed by atoms with van der Waals surface area (Å²) in [7, 11) is 0. The Morgan fingerprint density at radius 2 is 2.04 bits per heavy atom. The number of rotatable bonds is 2. The van der Waals surface area contributed by atoms with Crippen molar-refractivity contribution in [3.63, 3.8) is 0 Å². The summed E-state index contributed by atoms with van der Waals surface area (Å²) < 4.78 is 0. The smallest absolute Gasteiger partial charge is 0.255 e. The SMILES string of the molecule is Cc1ccc(N2CCC3(CCCN(C(=O)c4cccnc4)C3)C2)nn1. The molecule has 2 aromatic rings. The summed E-state index contributed by atoms with van der Waals surface area (Å²) in [6.45, 7) is 5.52. The fourth-order valence-corrected chi connectivity index (χ4v) is 4.08. The van der Waals surface area contributed by atoms with Crippen LogP contribution in [-0.4, -0.2) is 52.2 Å². The number of carbonyl (C=O) groups is 1. The van der Waals surface area contributed by atoms with Crippen LogP contribution >= 0.6 is 0 Å². The van der Waals surface area contributed by atoms with Gasteiger partial charge in [-0.05, 0) is 50.5 Å². The first-order valence-electron chi connectivity index (χ1n) is 8.90. The van der Waals surface area contributed by atoms with E-state index in [1.807, 2.05) is 36.1 Å². The number of hydrogen-bond acceptors (Lipinski definition) is 5. The van der Waals surface area contributed by atoms with Gasteiger partial charge in [-0.1, -0.05) is 0 Å². The summed E-state index contributed by atoms with van der Waals surface area (Å²) in [6.07, 6.45) is 6.68. The second-order valence-electron chi connectivity index (χ2n) is 7.28. The van der Waals surface area contributed by atoms with Crippen molar-refractivity contribution >= 4 is 11.7 Å². The predicted octanol–water partition coefficient (Wildman–Crippen LogP) is 2.31. The Hall–Kier alpha value is -2.50. The molecule has 6 nitrogen and oxygen atoms in total. The van der Waals surface area contributed by atoms with Crippen LogP contribution < -0.4 is 4.90 Å². The molecule has 2 aliphatic rings. The molecule has 2 aromatic heterocycles. The average molecular weight is 337 g/mol. The van der Waals surface area contributed by atoms with Crippen LogP contribution in [0.5, 0.6) is 0 Å². The lowest BCUT2D eigenvalue weighted by Crippen LogP contribution is -2.47. The van der Waals surface area contributed by atoms with E-state index in [0.717, 1.165) is 50.5 Å². The molecule has 130 valence electrons. The Morgan fingerprint density at radius 1 is 1.12 bits per heavy atom. The molecule has 1 unspecified atom stereocenters. The largest absolute Gasteiger partial charge is 0.354 e. The number of pyridine rings is 1. The lowest BCUT2D eigenvalue weighted by Gasteiger charge is -2.40. The van der Waals surface area contributed by atoms with Crippen LogP contribution in [0, 0.1) is 12.3 Å². The van der Waals surface area contributed by atoms with Crippen LogP contribution in [-0.2, 0) is 0 Å². The first-order chi connectivity index (χ1) is 12.2. The number of likely N-dealkylation sites (tertiary alicyclic amines) is 1. The number of amides is 1. The lowest BCUT2D eigenvalue weighted by molar-refractivity contribution is 0.0556. The van der Waals surface area contributed by atoms with Gasteiger partial charge in [0, 0.05) is 44.0 Å².